The highest BCUT2D eigenvalue weighted by molar-refractivity contribution is 5.98. The van der Waals surface area contributed by atoms with E-state index in [-0.39, 0.29) is 18.4 Å². The zero-order chi connectivity index (χ0) is 20.4. The van der Waals surface area contributed by atoms with E-state index in [2.05, 4.69) is 5.48 Å². The highest BCUT2D eigenvalue weighted by Crippen LogP contribution is 2.06. The van der Waals surface area contributed by atoms with Gasteiger partial charge >= 0.3 is 17.9 Å². The van der Waals surface area contributed by atoms with Crippen molar-refractivity contribution >= 4 is 23.7 Å². The molecule has 2 aromatic carbocycles. The molecule has 0 aromatic heterocycles. The Bertz CT molecular complexity index is 821. The van der Waals surface area contributed by atoms with E-state index >= 15 is 0 Å². The predicted octanol–water partition coefficient (Wildman–Crippen LogP) is 2.01. The van der Waals surface area contributed by atoms with Crippen LogP contribution in [0.1, 0.15) is 33.6 Å². The fourth-order valence-corrected chi connectivity index (χ4v) is 2.20. The van der Waals surface area contributed by atoms with Crippen molar-refractivity contribution in [2.24, 2.45) is 0 Å². The lowest BCUT2D eigenvalue weighted by atomic mass is 10.1. The molecule has 0 radical (unpaired) electrons. The Balaban J connectivity index is 1.92. The third-order valence-electron chi connectivity index (χ3n) is 3.68. The standard InChI is InChI=1S/C20H19NO7/c22-17(14-7-3-1-4-8-14)13-27-20(26)16(11-12-18(23)24)21-28-19(25)15-9-5-2-6-10-15/h1-10,16,21H,11-13H2,(H,23,24)/t16-/m0/s1. The molecular formula is C20H19NO7. The summed E-state index contributed by atoms with van der Waals surface area (Å²) in [6.07, 6.45) is -0.544. The highest BCUT2D eigenvalue weighted by atomic mass is 16.7. The second-order valence-electron chi connectivity index (χ2n) is 5.76. The van der Waals surface area contributed by atoms with Gasteiger partial charge in [-0.25, -0.2) is 4.79 Å². The molecule has 0 saturated carbocycles. The predicted molar refractivity (Wildman–Crippen MR) is 97.4 cm³/mol. The van der Waals surface area contributed by atoms with Crippen LogP contribution >= 0.6 is 0 Å². The van der Waals surface area contributed by atoms with E-state index in [4.69, 9.17) is 14.7 Å². The van der Waals surface area contributed by atoms with E-state index in [9.17, 15) is 19.2 Å². The lowest BCUT2D eigenvalue weighted by molar-refractivity contribution is -0.148. The fraction of sp³-hybridized carbons (Fsp3) is 0.200. The van der Waals surface area contributed by atoms with E-state index in [1.807, 2.05) is 0 Å². The van der Waals surface area contributed by atoms with Gasteiger partial charge in [0.05, 0.1) is 5.56 Å². The summed E-state index contributed by atoms with van der Waals surface area (Å²) in [5, 5.41) is 8.82. The molecule has 0 heterocycles. The zero-order valence-electron chi connectivity index (χ0n) is 14.9. The first-order valence-corrected chi connectivity index (χ1v) is 8.46. The Labute approximate surface area is 161 Å². The topological polar surface area (TPSA) is 119 Å². The summed E-state index contributed by atoms with van der Waals surface area (Å²) in [5.41, 5.74) is 2.86. The molecule has 2 N–H and O–H groups in total. The molecule has 0 aliphatic carbocycles. The first kappa shape index (κ1) is 20.8. The molecule has 28 heavy (non-hydrogen) atoms. The summed E-state index contributed by atoms with van der Waals surface area (Å²) in [6, 6.07) is 15.1. The van der Waals surface area contributed by atoms with E-state index in [1.165, 1.54) is 12.1 Å². The van der Waals surface area contributed by atoms with Gasteiger partial charge in [-0.2, -0.15) is 0 Å². The maximum absolute atomic E-state index is 12.2. The van der Waals surface area contributed by atoms with Crippen molar-refractivity contribution in [3.05, 3.63) is 71.8 Å². The number of hydrogen-bond acceptors (Lipinski definition) is 7. The summed E-state index contributed by atoms with van der Waals surface area (Å²) < 4.78 is 4.96. The van der Waals surface area contributed by atoms with E-state index in [1.54, 1.807) is 48.5 Å². The van der Waals surface area contributed by atoms with Gasteiger partial charge in [0.1, 0.15) is 6.04 Å². The second-order valence-corrected chi connectivity index (χ2v) is 5.76. The van der Waals surface area contributed by atoms with Gasteiger partial charge in [-0.1, -0.05) is 48.5 Å². The van der Waals surface area contributed by atoms with Gasteiger partial charge in [0.15, 0.2) is 12.4 Å². The molecule has 0 unspecified atom stereocenters. The number of rotatable bonds is 10. The van der Waals surface area contributed by atoms with Crippen molar-refractivity contribution in [2.45, 2.75) is 18.9 Å². The van der Waals surface area contributed by atoms with Gasteiger partial charge < -0.3 is 14.7 Å². The quantitative estimate of drug-likeness (QED) is 0.362. The van der Waals surface area contributed by atoms with Crippen LogP contribution in [0.4, 0.5) is 0 Å². The van der Waals surface area contributed by atoms with E-state index < -0.39 is 36.3 Å². The minimum absolute atomic E-state index is 0.185. The fourth-order valence-electron chi connectivity index (χ4n) is 2.20. The van der Waals surface area contributed by atoms with Crippen LogP contribution in [0.5, 0.6) is 0 Å². The Kier molecular flexibility index (Phi) is 7.86. The van der Waals surface area contributed by atoms with Gasteiger partial charge in [-0.15, -0.1) is 5.48 Å². The number of carboxylic acid groups (broad SMARTS) is 1. The van der Waals surface area contributed by atoms with Crippen LogP contribution in [0.3, 0.4) is 0 Å². The first-order valence-electron chi connectivity index (χ1n) is 8.46. The summed E-state index contributed by atoms with van der Waals surface area (Å²) in [5.74, 6) is -3.18. The lowest BCUT2D eigenvalue weighted by Gasteiger charge is -2.16. The number of ether oxygens (including phenoxy) is 1. The maximum Gasteiger partial charge on any atom is 0.356 e. The van der Waals surface area contributed by atoms with Crippen LogP contribution in [0.15, 0.2) is 60.7 Å². The molecule has 0 bridgehead atoms. The summed E-state index contributed by atoms with van der Waals surface area (Å²) in [6.45, 7) is -0.513. The van der Waals surface area contributed by atoms with Gasteiger partial charge in [0.25, 0.3) is 0 Å². The molecular weight excluding hydrogens is 366 g/mol. The van der Waals surface area contributed by atoms with Crippen LogP contribution < -0.4 is 5.48 Å². The molecule has 1 atom stereocenters. The largest absolute Gasteiger partial charge is 0.481 e. The van der Waals surface area contributed by atoms with Crippen molar-refractivity contribution in [3.8, 4) is 0 Å². The number of carbonyl (C=O) groups excluding carboxylic acids is 3. The molecule has 2 aromatic rings. The molecule has 146 valence electrons. The minimum atomic E-state index is -1.23. The van der Waals surface area contributed by atoms with Gasteiger partial charge in [-0.3, -0.25) is 14.4 Å². The number of hydroxylamine groups is 1. The Hall–Kier alpha value is -3.52. The van der Waals surface area contributed by atoms with Crippen molar-refractivity contribution in [2.75, 3.05) is 6.61 Å². The van der Waals surface area contributed by atoms with Crippen LogP contribution in [0.2, 0.25) is 0 Å². The first-order chi connectivity index (χ1) is 13.5. The zero-order valence-corrected chi connectivity index (χ0v) is 14.9. The lowest BCUT2D eigenvalue weighted by Crippen LogP contribution is -2.40. The Morgan fingerprint density at radius 3 is 2.04 bits per heavy atom. The second kappa shape index (κ2) is 10.6. The molecule has 0 fully saturated rings. The average molecular weight is 385 g/mol. The van der Waals surface area contributed by atoms with Gasteiger partial charge in [0, 0.05) is 12.0 Å². The van der Waals surface area contributed by atoms with Gasteiger partial charge in [0.2, 0.25) is 0 Å². The number of hydrogen-bond donors (Lipinski definition) is 2. The maximum atomic E-state index is 12.2. The molecule has 0 aliphatic heterocycles. The Morgan fingerprint density at radius 1 is 0.893 bits per heavy atom. The SMILES string of the molecule is O=C(O)CC[C@H](NOC(=O)c1ccccc1)C(=O)OCC(=O)c1ccccc1. The molecule has 8 heteroatoms. The minimum Gasteiger partial charge on any atom is -0.481 e. The highest BCUT2D eigenvalue weighted by Gasteiger charge is 2.24. The number of nitrogens with one attached hydrogen (secondary N) is 1. The van der Waals surface area contributed by atoms with Crippen molar-refractivity contribution in [3.63, 3.8) is 0 Å². The van der Waals surface area contributed by atoms with Crippen LogP contribution in [-0.2, 0) is 19.2 Å². The number of carboxylic acids is 1. The number of carbonyl (C=O) groups is 4. The average Bonchev–Trinajstić information content (AvgIpc) is 2.72. The number of Topliss-reactive ketones (excluding diaryl/α,β-unsaturated/α-hetero) is 1. The summed E-state index contributed by atoms with van der Waals surface area (Å²) in [7, 11) is 0. The van der Waals surface area contributed by atoms with Crippen molar-refractivity contribution in [1.82, 2.24) is 5.48 Å². The summed E-state index contributed by atoms with van der Waals surface area (Å²) in [4.78, 5) is 51.8. The Morgan fingerprint density at radius 2 is 1.46 bits per heavy atom. The monoisotopic (exact) mass is 385 g/mol. The summed E-state index contributed by atoms with van der Waals surface area (Å²) >= 11 is 0. The molecule has 8 nitrogen and oxygen atoms in total. The number of esters is 1. The third-order valence-corrected chi connectivity index (χ3v) is 3.68. The molecule has 2 rings (SSSR count). The molecule has 0 aliphatic rings. The van der Waals surface area contributed by atoms with Crippen molar-refractivity contribution in [1.29, 1.82) is 0 Å². The number of aliphatic carboxylic acids is 1. The van der Waals surface area contributed by atoms with Crippen molar-refractivity contribution < 1.29 is 33.9 Å². The number of ketones is 1. The van der Waals surface area contributed by atoms with Crippen LogP contribution in [-0.4, -0.2) is 41.4 Å². The van der Waals surface area contributed by atoms with Crippen LogP contribution in [0.25, 0.3) is 0 Å². The van der Waals surface area contributed by atoms with E-state index in [0.29, 0.717) is 5.56 Å². The third kappa shape index (κ3) is 6.65. The molecule has 0 amide bonds. The van der Waals surface area contributed by atoms with Crippen LogP contribution in [0, 0.1) is 0 Å². The van der Waals surface area contributed by atoms with E-state index in [0.717, 1.165) is 0 Å². The van der Waals surface area contributed by atoms with Gasteiger partial charge in [-0.05, 0) is 18.6 Å². The number of benzene rings is 2. The molecule has 0 saturated heterocycles. The smallest absolute Gasteiger partial charge is 0.356 e. The normalized spacial score (nSPS) is 11.3. The molecule has 0 spiro atoms.